The molecular weight excluding hydrogens is 162 g/mol. The van der Waals surface area contributed by atoms with Crippen LogP contribution >= 0.6 is 11.5 Å². The third kappa shape index (κ3) is 1.57. The molecule has 0 amide bonds. The molecule has 1 aromatic heterocycles. The molecule has 0 radical (unpaired) electrons. The van der Waals surface area contributed by atoms with Gasteiger partial charge in [-0.3, -0.25) is 0 Å². The fourth-order valence-electron chi connectivity index (χ4n) is 0.773. The summed E-state index contributed by atoms with van der Waals surface area (Å²) in [6, 6.07) is 0. The molecule has 0 spiro atoms. The molecule has 0 unspecified atom stereocenters. The molecule has 1 rings (SSSR count). The summed E-state index contributed by atoms with van der Waals surface area (Å²) in [5, 5.41) is 1.87. The third-order valence-electron chi connectivity index (χ3n) is 1.40. The summed E-state index contributed by atoms with van der Waals surface area (Å²) in [5.74, 6) is -0.344. The van der Waals surface area contributed by atoms with Gasteiger partial charge in [0, 0.05) is 5.38 Å². The second-order valence-electron chi connectivity index (χ2n) is 2.03. The Labute approximate surface area is 69.2 Å². The molecule has 3 nitrogen and oxygen atoms in total. The zero-order valence-corrected chi connectivity index (χ0v) is 7.27. The molecule has 4 heteroatoms. The van der Waals surface area contributed by atoms with Crippen molar-refractivity contribution in [2.75, 3.05) is 7.11 Å². The molecule has 0 aliphatic heterocycles. The lowest BCUT2D eigenvalue weighted by Crippen LogP contribution is -2.04. The Balaban J connectivity index is 2.92. The van der Waals surface area contributed by atoms with E-state index >= 15 is 0 Å². The standard InChI is InChI=1S/C7H9NO2S/c1-3-5-4-11-8-6(5)7(9)10-2/h4H,3H2,1-2H3. The highest BCUT2D eigenvalue weighted by Gasteiger charge is 2.12. The molecule has 0 saturated heterocycles. The Morgan fingerprint density at radius 3 is 3.09 bits per heavy atom. The van der Waals surface area contributed by atoms with Gasteiger partial charge >= 0.3 is 5.97 Å². The second kappa shape index (κ2) is 3.48. The van der Waals surface area contributed by atoms with Gasteiger partial charge in [0.1, 0.15) is 0 Å². The molecule has 0 aliphatic rings. The maximum Gasteiger partial charge on any atom is 0.358 e. The number of carbonyl (C=O) groups excluding carboxylic acids is 1. The molecule has 0 N–H and O–H groups in total. The predicted molar refractivity (Wildman–Crippen MR) is 42.8 cm³/mol. The number of ether oxygens (including phenoxy) is 1. The lowest BCUT2D eigenvalue weighted by atomic mass is 10.2. The fraction of sp³-hybridized carbons (Fsp3) is 0.429. The molecule has 0 aliphatic carbocycles. The van der Waals surface area contributed by atoms with Crippen LogP contribution < -0.4 is 0 Å². The number of aryl methyl sites for hydroxylation is 1. The zero-order valence-electron chi connectivity index (χ0n) is 6.46. The van der Waals surface area contributed by atoms with E-state index in [1.165, 1.54) is 18.6 Å². The average Bonchev–Trinajstić information content (AvgIpc) is 2.50. The number of esters is 1. The number of methoxy groups -OCH3 is 1. The van der Waals surface area contributed by atoms with Crippen molar-refractivity contribution >= 4 is 17.5 Å². The molecular formula is C7H9NO2S. The molecule has 0 saturated carbocycles. The third-order valence-corrected chi connectivity index (χ3v) is 2.08. The van der Waals surface area contributed by atoms with Gasteiger partial charge in [0.2, 0.25) is 0 Å². The van der Waals surface area contributed by atoms with Crippen molar-refractivity contribution in [3.05, 3.63) is 16.6 Å². The first-order valence-corrected chi connectivity index (χ1v) is 4.14. The summed E-state index contributed by atoms with van der Waals surface area (Å²) in [4.78, 5) is 11.0. The minimum Gasteiger partial charge on any atom is -0.464 e. The van der Waals surface area contributed by atoms with E-state index < -0.39 is 0 Å². The van der Waals surface area contributed by atoms with Gasteiger partial charge in [0.25, 0.3) is 0 Å². The van der Waals surface area contributed by atoms with Gasteiger partial charge in [-0.25, -0.2) is 4.79 Å². The van der Waals surface area contributed by atoms with Crippen molar-refractivity contribution in [1.29, 1.82) is 0 Å². The van der Waals surface area contributed by atoms with Gasteiger partial charge in [0.05, 0.1) is 7.11 Å². The van der Waals surface area contributed by atoms with Gasteiger partial charge in [-0.2, -0.15) is 4.37 Å². The lowest BCUT2D eigenvalue weighted by Gasteiger charge is -1.95. The minimum atomic E-state index is -0.344. The Morgan fingerprint density at radius 2 is 2.55 bits per heavy atom. The molecule has 0 aromatic carbocycles. The van der Waals surface area contributed by atoms with Crippen LogP contribution in [0.2, 0.25) is 0 Å². The number of carbonyl (C=O) groups is 1. The highest BCUT2D eigenvalue weighted by Crippen LogP contribution is 2.11. The molecule has 60 valence electrons. The van der Waals surface area contributed by atoms with Gasteiger partial charge in [-0.15, -0.1) is 0 Å². The maximum atomic E-state index is 11.0. The van der Waals surface area contributed by atoms with Crippen LogP contribution in [0.3, 0.4) is 0 Å². The minimum absolute atomic E-state index is 0.344. The first kappa shape index (κ1) is 8.20. The molecule has 1 aromatic rings. The SMILES string of the molecule is CCc1csnc1C(=O)OC. The van der Waals surface area contributed by atoms with Crippen molar-refractivity contribution in [3.63, 3.8) is 0 Å². The predicted octanol–water partition coefficient (Wildman–Crippen LogP) is 1.49. The number of aromatic nitrogens is 1. The zero-order chi connectivity index (χ0) is 8.27. The van der Waals surface area contributed by atoms with Crippen LogP contribution in [-0.4, -0.2) is 17.5 Å². The van der Waals surface area contributed by atoms with Crippen molar-refractivity contribution < 1.29 is 9.53 Å². The molecule has 0 atom stereocenters. The summed E-state index contributed by atoms with van der Waals surface area (Å²) < 4.78 is 8.47. The lowest BCUT2D eigenvalue weighted by molar-refractivity contribution is 0.0594. The van der Waals surface area contributed by atoms with Crippen molar-refractivity contribution in [2.45, 2.75) is 13.3 Å². The summed E-state index contributed by atoms with van der Waals surface area (Å²) in [7, 11) is 1.36. The van der Waals surface area contributed by atoms with Crippen LogP contribution in [0.5, 0.6) is 0 Å². The summed E-state index contributed by atoms with van der Waals surface area (Å²) >= 11 is 1.28. The molecule has 11 heavy (non-hydrogen) atoms. The highest BCUT2D eigenvalue weighted by molar-refractivity contribution is 7.03. The van der Waals surface area contributed by atoms with Crippen molar-refractivity contribution in [2.24, 2.45) is 0 Å². The Bertz CT molecular complexity index is 257. The smallest absolute Gasteiger partial charge is 0.358 e. The van der Waals surface area contributed by atoms with Crippen LogP contribution in [0, 0.1) is 0 Å². The summed E-state index contributed by atoms with van der Waals surface area (Å²) in [5.41, 5.74) is 1.42. The molecule has 0 fully saturated rings. The highest BCUT2D eigenvalue weighted by atomic mass is 32.1. The summed E-state index contributed by atoms with van der Waals surface area (Å²) in [6.45, 7) is 1.98. The number of nitrogens with zero attached hydrogens (tertiary/aromatic N) is 1. The van der Waals surface area contributed by atoms with Crippen LogP contribution in [0.4, 0.5) is 0 Å². The van der Waals surface area contributed by atoms with Crippen LogP contribution in [0.1, 0.15) is 23.0 Å². The number of hydrogen-bond acceptors (Lipinski definition) is 4. The van der Waals surface area contributed by atoms with Gasteiger partial charge in [-0.1, -0.05) is 6.92 Å². The Kier molecular flexibility index (Phi) is 2.59. The van der Waals surface area contributed by atoms with Crippen LogP contribution in [0.15, 0.2) is 5.38 Å². The van der Waals surface area contributed by atoms with Crippen LogP contribution in [-0.2, 0) is 11.2 Å². The topological polar surface area (TPSA) is 39.2 Å². The first-order valence-electron chi connectivity index (χ1n) is 3.31. The normalized spacial score (nSPS) is 9.64. The van der Waals surface area contributed by atoms with E-state index in [0.29, 0.717) is 5.69 Å². The van der Waals surface area contributed by atoms with E-state index in [9.17, 15) is 4.79 Å². The van der Waals surface area contributed by atoms with E-state index in [1.54, 1.807) is 0 Å². The molecule has 0 bridgehead atoms. The van der Waals surface area contributed by atoms with E-state index in [2.05, 4.69) is 9.11 Å². The largest absolute Gasteiger partial charge is 0.464 e. The van der Waals surface area contributed by atoms with Gasteiger partial charge < -0.3 is 4.74 Å². The number of rotatable bonds is 2. The van der Waals surface area contributed by atoms with Crippen molar-refractivity contribution in [1.82, 2.24) is 4.37 Å². The van der Waals surface area contributed by atoms with E-state index in [-0.39, 0.29) is 5.97 Å². The quantitative estimate of drug-likeness (QED) is 0.633. The fourth-order valence-corrected chi connectivity index (χ4v) is 1.53. The van der Waals surface area contributed by atoms with Gasteiger partial charge in [-0.05, 0) is 23.5 Å². The van der Waals surface area contributed by atoms with E-state index in [1.807, 2.05) is 12.3 Å². The second-order valence-corrected chi connectivity index (χ2v) is 2.66. The van der Waals surface area contributed by atoms with E-state index in [0.717, 1.165) is 12.0 Å². The number of hydrogen-bond donors (Lipinski definition) is 0. The maximum absolute atomic E-state index is 11.0. The average molecular weight is 171 g/mol. The monoisotopic (exact) mass is 171 g/mol. The van der Waals surface area contributed by atoms with Crippen molar-refractivity contribution in [3.8, 4) is 0 Å². The Hall–Kier alpha value is -0.900. The van der Waals surface area contributed by atoms with E-state index in [4.69, 9.17) is 0 Å². The molecule has 1 heterocycles. The Morgan fingerprint density at radius 1 is 1.82 bits per heavy atom. The first-order chi connectivity index (χ1) is 5.29. The van der Waals surface area contributed by atoms with Gasteiger partial charge in [0.15, 0.2) is 5.69 Å². The summed E-state index contributed by atoms with van der Waals surface area (Å²) in [6.07, 6.45) is 0.820. The van der Waals surface area contributed by atoms with Crippen LogP contribution in [0.25, 0.3) is 0 Å².